The van der Waals surface area contributed by atoms with E-state index in [-0.39, 0.29) is 18.2 Å². The lowest BCUT2D eigenvalue weighted by Crippen LogP contribution is -2.22. The topological polar surface area (TPSA) is 35.5 Å². The quantitative estimate of drug-likeness (QED) is 0.777. The average molecular weight is 282 g/mol. The van der Waals surface area contributed by atoms with Crippen LogP contribution in [0.5, 0.6) is 5.75 Å². The van der Waals surface area contributed by atoms with Gasteiger partial charge in [0, 0.05) is 18.9 Å². The van der Waals surface area contributed by atoms with Crippen LogP contribution in [0.1, 0.15) is 42.2 Å². The van der Waals surface area contributed by atoms with Crippen LogP contribution in [0.15, 0.2) is 48.5 Å². The fraction of sp³-hybridized carbons (Fsp3) is 0.278. The smallest absolute Gasteiger partial charge is 0.303 e. The highest BCUT2D eigenvalue weighted by Gasteiger charge is 2.31. The summed E-state index contributed by atoms with van der Waals surface area (Å²) in [6.45, 7) is 3.50. The number of hydrogen-bond donors (Lipinski definition) is 0. The molecule has 1 aliphatic heterocycles. The van der Waals surface area contributed by atoms with Crippen molar-refractivity contribution in [2.24, 2.45) is 0 Å². The Bertz CT molecular complexity index is 646. The summed E-state index contributed by atoms with van der Waals surface area (Å²) in [4.78, 5) is 11.3. The van der Waals surface area contributed by atoms with E-state index in [9.17, 15) is 4.79 Å². The summed E-state index contributed by atoms with van der Waals surface area (Å²) in [6.07, 6.45) is 0.295. The molecule has 0 aliphatic carbocycles. The molecule has 0 saturated carbocycles. The second-order valence-corrected chi connectivity index (χ2v) is 5.39. The molecule has 0 radical (unpaired) electrons. The van der Waals surface area contributed by atoms with Gasteiger partial charge in [-0.15, -0.1) is 0 Å². The van der Waals surface area contributed by atoms with Gasteiger partial charge in [0.2, 0.25) is 0 Å². The molecule has 3 nitrogen and oxygen atoms in total. The zero-order valence-corrected chi connectivity index (χ0v) is 12.2. The first-order valence-electron chi connectivity index (χ1n) is 7.13. The van der Waals surface area contributed by atoms with Gasteiger partial charge >= 0.3 is 5.97 Å². The van der Waals surface area contributed by atoms with Gasteiger partial charge in [-0.05, 0) is 18.6 Å². The molecule has 3 rings (SSSR count). The highest BCUT2D eigenvalue weighted by molar-refractivity contribution is 5.66. The molecule has 108 valence electrons. The van der Waals surface area contributed by atoms with Gasteiger partial charge in [-0.3, -0.25) is 4.79 Å². The number of aryl methyl sites for hydroxylation is 1. The third kappa shape index (κ3) is 2.92. The normalized spacial score (nSPS) is 20.3. The molecule has 0 unspecified atom stereocenters. The van der Waals surface area contributed by atoms with Gasteiger partial charge in [0.05, 0.1) is 0 Å². The summed E-state index contributed by atoms with van der Waals surface area (Å²) in [5.74, 6) is 0.528. The Balaban J connectivity index is 1.92. The highest BCUT2D eigenvalue weighted by atomic mass is 16.6. The van der Waals surface area contributed by atoms with Crippen molar-refractivity contribution < 1.29 is 14.3 Å². The number of rotatable bonds is 2. The number of benzene rings is 2. The fourth-order valence-corrected chi connectivity index (χ4v) is 2.67. The van der Waals surface area contributed by atoms with Crippen molar-refractivity contribution in [3.8, 4) is 5.75 Å². The van der Waals surface area contributed by atoms with E-state index >= 15 is 0 Å². The van der Waals surface area contributed by atoms with E-state index < -0.39 is 0 Å². The van der Waals surface area contributed by atoms with Crippen molar-refractivity contribution in [1.82, 2.24) is 0 Å². The maximum Gasteiger partial charge on any atom is 0.303 e. The molecule has 0 bridgehead atoms. The van der Waals surface area contributed by atoms with E-state index in [1.807, 2.05) is 24.3 Å². The summed E-state index contributed by atoms with van der Waals surface area (Å²) in [6, 6.07) is 16.0. The summed E-state index contributed by atoms with van der Waals surface area (Å²) in [5.41, 5.74) is 3.26. The van der Waals surface area contributed by atoms with Gasteiger partial charge in [0.15, 0.2) is 0 Å². The highest BCUT2D eigenvalue weighted by Crippen LogP contribution is 2.42. The lowest BCUT2D eigenvalue weighted by atomic mass is 9.94. The van der Waals surface area contributed by atoms with Crippen LogP contribution in [0.3, 0.4) is 0 Å². The minimum absolute atomic E-state index is 0.0927. The van der Waals surface area contributed by atoms with E-state index in [1.165, 1.54) is 12.5 Å². The monoisotopic (exact) mass is 282 g/mol. The number of carbonyl (C=O) groups is 1. The second kappa shape index (κ2) is 5.60. The van der Waals surface area contributed by atoms with Crippen LogP contribution in [0.2, 0.25) is 0 Å². The number of hydrogen-bond acceptors (Lipinski definition) is 3. The summed E-state index contributed by atoms with van der Waals surface area (Å²) >= 11 is 0. The summed E-state index contributed by atoms with van der Waals surface area (Å²) in [7, 11) is 0. The Labute approximate surface area is 124 Å². The van der Waals surface area contributed by atoms with Crippen molar-refractivity contribution in [2.45, 2.75) is 32.5 Å². The van der Waals surface area contributed by atoms with Crippen LogP contribution in [-0.2, 0) is 9.53 Å². The summed E-state index contributed by atoms with van der Waals surface area (Å²) < 4.78 is 11.6. The predicted octanol–water partition coefficient (Wildman–Crippen LogP) is 4.12. The van der Waals surface area contributed by atoms with Crippen LogP contribution in [0.4, 0.5) is 0 Å². The molecule has 3 heteroatoms. The van der Waals surface area contributed by atoms with Crippen molar-refractivity contribution >= 4 is 5.97 Å². The molecule has 0 fully saturated rings. The van der Waals surface area contributed by atoms with Crippen LogP contribution < -0.4 is 4.74 Å². The molecule has 21 heavy (non-hydrogen) atoms. The molecule has 0 spiro atoms. The molecule has 0 N–H and O–H groups in total. The Morgan fingerprint density at radius 1 is 1.14 bits per heavy atom. The zero-order chi connectivity index (χ0) is 14.8. The molecular formula is C18H18O3. The molecule has 2 atom stereocenters. The lowest BCUT2D eigenvalue weighted by molar-refractivity contribution is -0.149. The first-order chi connectivity index (χ1) is 10.1. The average Bonchev–Trinajstić information content (AvgIpc) is 2.47. The Morgan fingerprint density at radius 2 is 1.86 bits per heavy atom. The first kappa shape index (κ1) is 13.7. The van der Waals surface area contributed by atoms with E-state index in [0.29, 0.717) is 6.42 Å². The SMILES string of the molecule is CC(=O)O[C@H]1C[C@@H](c2ccc(C)cc2)Oc2ccccc21. The van der Waals surface area contributed by atoms with Crippen molar-refractivity contribution in [1.29, 1.82) is 0 Å². The number of ether oxygens (including phenoxy) is 2. The molecule has 0 saturated heterocycles. The third-order valence-electron chi connectivity index (χ3n) is 3.72. The fourth-order valence-electron chi connectivity index (χ4n) is 2.67. The van der Waals surface area contributed by atoms with Crippen LogP contribution in [-0.4, -0.2) is 5.97 Å². The minimum atomic E-state index is -0.264. The van der Waals surface area contributed by atoms with E-state index in [4.69, 9.17) is 9.47 Å². The number of fused-ring (bicyclic) bond motifs is 1. The van der Waals surface area contributed by atoms with Crippen molar-refractivity contribution in [3.05, 3.63) is 65.2 Å². The minimum Gasteiger partial charge on any atom is -0.485 e. The molecule has 2 aromatic rings. The van der Waals surface area contributed by atoms with E-state index in [2.05, 4.69) is 31.2 Å². The molecule has 0 aromatic heterocycles. The van der Waals surface area contributed by atoms with Crippen molar-refractivity contribution in [3.63, 3.8) is 0 Å². The Hall–Kier alpha value is -2.29. The van der Waals surface area contributed by atoms with Gasteiger partial charge in [-0.1, -0.05) is 48.0 Å². The van der Waals surface area contributed by atoms with E-state index in [0.717, 1.165) is 16.9 Å². The lowest BCUT2D eigenvalue weighted by Gasteiger charge is -2.32. The summed E-state index contributed by atoms with van der Waals surface area (Å²) in [5, 5.41) is 0. The maximum atomic E-state index is 11.3. The number of esters is 1. The predicted molar refractivity (Wildman–Crippen MR) is 80.1 cm³/mol. The zero-order valence-electron chi connectivity index (χ0n) is 12.2. The van der Waals surface area contributed by atoms with Crippen LogP contribution in [0, 0.1) is 6.92 Å². The van der Waals surface area contributed by atoms with Crippen LogP contribution >= 0.6 is 0 Å². The molecule has 1 aliphatic rings. The molecule has 1 heterocycles. The Morgan fingerprint density at radius 3 is 2.57 bits per heavy atom. The van der Waals surface area contributed by atoms with Gasteiger partial charge < -0.3 is 9.47 Å². The van der Waals surface area contributed by atoms with E-state index in [1.54, 1.807) is 0 Å². The molecule has 0 amide bonds. The number of para-hydroxylation sites is 1. The Kier molecular flexibility index (Phi) is 3.65. The van der Waals surface area contributed by atoms with Gasteiger partial charge in [0.25, 0.3) is 0 Å². The van der Waals surface area contributed by atoms with Crippen molar-refractivity contribution in [2.75, 3.05) is 0 Å². The second-order valence-electron chi connectivity index (χ2n) is 5.39. The third-order valence-corrected chi connectivity index (χ3v) is 3.72. The largest absolute Gasteiger partial charge is 0.485 e. The molecular weight excluding hydrogens is 264 g/mol. The van der Waals surface area contributed by atoms with Gasteiger partial charge in [-0.25, -0.2) is 0 Å². The molecule has 2 aromatic carbocycles. The number of carbonyl (C=O) groups excluding carboxylic acids is 1. The van der Waals surface area contributed by atoms with Gasteiger partial charge in [-0.2, -0.15) is 0 Å². The maximum absolute atomic E-state index is 11.3. The standard InChI is InChI=1S/C18H18O3/c1-12-7-9-14(10-8-12)17-11-18(20-13(2)19)15-5-3-4-6-16(15)21-17/h3-10,17-18H,11H2,1-2H3/t17-,18-/m0/s1. The van der Waals surface area contributed by atoms with Gasteiger partial charge in [0.1, 0.15) is 18.0 Å². The first-order valence-corrected chi connectivity index (χ1v) is 7.13. The van der Waals surface area contributed by atoms with Crippen LogP contribution in [0.25, 0.3) is 0 Å².